The summed E-state index contributed by atoms with van der Waals surface area (Å²) < 4.78 is 1.86. The first-order chi connectivity index (χ1) is 10.7. The number of thiophene rings is 1. The van der Waals surface area contributed by atoms with E-state index in [-0.39, 0.29) is 6.04 Å². The van der Waals surface area contributed by atoms with Gasteiger partial charge in [-0.1, -0.05) is 29.3 Å². The van der Waals surface area contributed by atoms with E-state index < -0.39 is 0 Å². The third-order valence-electron chi connectivity index (χ3n) is 3.46. The van der Waals surface area contributed by atoms with Gasteiger partial charge in [-0.05, 0) is 35.7 Å². The number of nitrogens with zero attached hydrogens (tertiary/aromatic N) is 3. The summed E-state index contributed by atoms with van der Waals surface area (Å²) in [4.78, 5) is 5.47. The highest BCUT2D eigenvalue weighted by Gasteiger charge is 2.24. The van der Waals surface area contributed by atoms with Gasteiger partial charge in [-0.15, -0.1) is 11.3 Å². The van der Waals surface area contributed by atoms with E-state index >= 15 is 0 Å². The second-order valence-electron chi connectivity index (χ2n) is 4.82. The number of fused-ring (bicyclic) bond motifs is 1. The number of allylic oxidation sites excluding steroid dienone is 1. The van der Waals surface area contributed by atoms with Crippen LogP contribution in [0.25, 0.3) is 5.70 Å². The number of nitrogens with one attached hydrogen (secondary N) is 1. The van der Waals surface area contributed by atoms with E-state index in [2.05, 4.69) is 32.9 Å². The van der Waals surface area contributed by atoms with Gasteiger partial charge in [0.05, 0.1) is 5.02 Å². The Morgan fingerprint density at radius 1 is 1.23 bits per heavy atom. The maximum atomic E-state index is 6.33. The molecule has 0 spiro atoms. The van der Waals surface area contributed by atoms with Crippen molar-refractivity contribution in [2.45, 2.75) is 6.04 Å². The first-order valence-electron chi connectivity index (χ1n) is 6.59. The van der Waals surface area contributed by atoms with Gasteiger partial charge in [0, 0.05) is 21.2 Å². The molecular formula is C15H10Cl2N4S. The quantitative estimate of drug-likeness (QED) is 0.729. The molecule has 1 aromatic carbocycles. The highest BCUT2D eigenvalue weighted by atomic mass is 35.5. The minimum absolute atomic E-state index is 0.000458. The highest BCUT2D eigenvalue weighted by Crippen LogP contribution is 2.36. The average molecular weight is 349 g/mol. The molecule has 4 nitrogen and oxygen atoms in total. The van der Waals surface area contributed by atoms with Crippen molar-refractivity contribution in [3.63, 3.8) is 0 Å². The summed E-state index contributed by atoms with van der Waals surface area (Å²) in [6.07, 6.45) is 3.64. The number of aromatic nitrogens is 3. The van der Waals surface area contributed by atoms with Gasteiger partial charge in [-0.3, -0.25) is 0 Å². The average Bonchev–Trinajstić information content (AvgIpc) is 3.17. The fourth-order valence-corrected chi connectivity index (χ4v) is 3.75. The van der Waals surface area contributed by atoms with Gasteiger partial charge >= 0.3 is 0 Å². The van der Waals surface area contributed by atoms with Crippen LogP contribution in [0.3, 0.4) is 0 Å². The van der Waals surface area contributed by atoms with Crippen LogP contribution >= 0.6 is 34.5 Å². The number of benzene rings is 1. The zero-order valence-corrected chi connectivity index (χ0v) is 13.5. The molecule has 22 heavy (non-hydrogen) atoms. The Kier molecular flexibility index (Phi) is 3.41. The van der Waals surface area contributed by atoms with Crippen LogP contribution in [-0.4, -0.2) is 14.8 Å². The highest BCUT2D eigenvalue weighted by molar-refractivity contribution is 7.10. The monoisotopic (exact) mass is 348 g/mol. The molecule has 3 aromatic rings. The molecule has 0 amide bonds. The standard InChI is InChI=1S/C15H10Cl2N4S/c16-9-3-4-10(11(17)6-9)12-7-13(14-2-1-5-22-14)21-15(20-12)18-8-19-21/h1-8,13H,(H,18,19,20)/t13-/m1/s1. The Morgan fingerprint density at radius 2 is 2.14 bits per heavy atom. The van der Waals surface area contributed by atoms with E-state index in [1.807, 2.05) is 22.9 Å². The molecule has 0 bridgehead atoms. The van der Waals surface area contributed by atoms with Gasteiger partial charge in [0.15, 0.2) is 0 Å². The van der Waals surface area contributed by atoms with Crippen LogP contribution in [0.4, 0.5) is 5.95 Å². The minimum atomic E-state index is 0.000458. The van der Waals surface area contributed by atoms with Crippen LogP contribution in [-0.2, 0) is 0 Å². The predicted molar refractivity (Wildman–Crippen MR) is 90.5 cm³/mol. The van der Waals surface area contributed by atoms with Crippen LogP contribution in [0.5, 0.6) is 0 Å². The summed E-state index contributed by atoms with van der Waals surface area (Å²) in [6, 6.07) is 9.58. The molecule has 110 valence electrons. The van der Waals surface area contributed by atoms with Crippen molar-refractivity contribution >= 4 is 46.2 Å². The molecule has 0 fully saturated rings. The molecule has 2 aromatic heterocycles. The van der Waals surface area contributed by atoms with E-state index in [0.717, 1.165) is 11.3 Å². The van der Waals surface area contributed by atoms with Crippen LogP contribution in [0.2, 0.25) is 10.0 Å². The first kappa shape index (κ1) is 13.8. The first-order valence-corrected chi connectivity index (χ1v) is 8.23. The molecule has 1 aliphatic rings. The lowest BCUT2D eigenvalue weighted by Crippen LogP contribution is -2.19. The summed E-state index contributed by atoms with van der Waals surface area (Å²) in [5.74, 6) is 0.696. The third kappa shape index (κ3) is 2.31. The number of hydrogen-bond acceptors (Lipinski definition) is 4. The Bertz CT molecular complexity index is 854. The Balaban J connectivity index is 1.83. The van der Waals surface area contributed by atoms with E-state index in [0.29, 0.717) is 16.0 Å². The van der Waals surface area contributed by atoms with Gasteiger partial charge in [-0.2, -0.15) is 10.1 Å². The zero-order chi connectivity index (χ0) is 15.1. The summed E-state index contributed by atoms with van der Waals surface area (Å²) in [7, 11) is 0. The van der Waals surface area contributed by atoms with Gasteiger partial charge in [0.1, 0.15) is 12.4 Å². The lowest BCUT2D eigenvalue weighted by Gasteiger charge is -2.23. The van der Waals surface area contributed by atoms with Gasteiger partial charge in [0.25, 0.3) is 0 Å². The fourth-order valence-electron chi connectivity index (χ4n) is 2.46. The fraction of sp³-hybridized carbons (Fsp3) is 0.0667. The lowest BCUT2D eigenvalue weighted by molar-refractivity contribution is 0.620. The molecule has 3 heterocycles. The predicted octanol–water partition coefficient (Wildman–Crippen LogP) is 4.70. The normalized spacial score (nSPS) is 16.8. The topological polar surface area (TPSA) is 42.7 Å². The van der Waals surface area contributed by atoms with Crippen molar-refractivity contribution in [1.29, 1.82) is 0 Å². The van der Waals surface area contributed by atoms with Gasteiger partial charge in [0.2, 0.25) is 5.95 Å². The Hall–Kier alpha value is -1.82. The molecule has 0 aliphatic carbocycles. The van der Waals surface area contributed by atoms with Crippen LogP contribution in [0.1, 0.15) is 16.5 Å². The van der Waals surface area contributed by atoms with E-state index in [9.17, 15) is 0 Å². The Morgan fingerprint density at radius 3 is 2.91 bits per heavy atom. The second-order valence-corrected chi connectivity index (χ2v) is 6.64. The smallest absolute Gasteiger partial charge is 0.226 e. The summed E-state index contributed by atoms with van der Waals surface area (Å²) in [5, 5.41) is 10.9. The van der Waals surface area contributed by atoms with E-state index in [4.69, 9.17) is 23.2 Å². The molecule has 1 atom stereocenters. The molecule has 0 saturated carbocycles. The van der Waals surface area contributed by atoms with Crippen molar-refractivity contribution in [2.24, 2.45) is 0 Å². The second kappa shape index (κ2) is 5.43. The molecule has 0 saturated heterocycles. The molecular weight excluding hydrogens is 339 g/mol. The molecule has 7 heteroatoms. The van der Waals surface area contributed by atoms with Crippen molar-refractivity contribution in [1.82, 2.24) is 14.8 Å². The Labute approximate surface area is 141 Å². The van der Waals surface area contributed by atoms with E-state index in [1.165, 1.54) is 4.88 Å². The zero-order valence-electron chi connectivity index (χ0n) is 11.2. The summed E-state index contributed by atoms with van der Waals surface area (Å²) in [5.41, 5.74) is 1.79. The van der Waals surface area contributed by atoms with Gasteiger partial charge < -0.3 is 5.32 Å². The number of halogens is 2. The van der Waals surface area contributed by atoms with Crippen molar-refractivity contribution < 1.29 is 0 Å². The van der Waals surface area contributed by atoms with Crippen molar-refractivity contribution in [2.75, 3.05) is 5.32 Å². The minimum Gasteiger partial charge on any atom is -0.324 e. The lowest BCUT2D eigenvalue weighted by atomic mass is 10.1. The largest absolute Gasteiger partial charge is 0.324 e. The molecule has 1 aliphatic heterocycles. The molecule has 1 N–H and O–H groups in total. The molecule has 4 rings (SSSR count). The van der Waals surface area contributed by atoms with Gasteiger partial charge in [-0.25, -0.2) is 4.68 Å². The van der Waals surface area contributed by atoms with Crippen LogP contribution < -0.4 is 5.32 Å². The number of rotatable bonds is 2. The maximum Gasteiger partial charge on any atom is 0.226 e. The van der Waals surface area contributed by atoms with Crippen LogP contribution in [0, 0.1) is 0 Å². The summed E-state index contributed by atoms with van der Waals surface area (Å²) in [6.45, 7) is 0. The summed E-state index contributed by atoms with van der Waals surface area (Å²) >= 11 is 14.0. The molecule has 0 unspecified atom stereocenters. The number of anilines is 1. The van der Waals surface area contributed by atoms with Crippen molar-refractivity contribution in [3.8, 4) is 0 Å². The van der Waals surface area contributed by atoms with Crippen molar-refractivity contribution in [3.05, 3.63) is 68.6 Å². The maximum absolute atomic E-state index is 6.33. The van der Waals surface area contributed by atoms with E-state index in [1.54, 1.807) is 23.7 Å². The molecule has 0 radical (unpaired) electrons. The third-order valence-corrected chi connectivity index (χ3v) is 4.95. The van der Waals surface area contributed by atoms with Crippen LogP contribution in [0.15, 0.2) is 48.1 Å². The number of hydrogen-bond donors (Lipinski definition) is 1. The SMILES string of the molecule is Clc1ccc(C2=C[C@H](c3cccs3)n3ncnc3N2)c(Cl)c1.